The Morgan fingerprint density at radius 2 is 1.76 bits per heavy atom. The van der Waals surface area contributed by atoms with Crippen molar-refractivity contribution in [1.82, 2.24) is 9.71 Å². The number of rotatable bonds is 3. The number of ether oxygens (including phenoxy) is 1. The summed E-state index contributed by atoms with van der Waals surface area (Å²) < 4.78 is 44.9. The van der Waals surface area contributed by atoms with Crippen molar-refractivity contribution in [2.75, 3.05) is 7.11 Å². The molecule has 0 spiro atoms. The Balaban J connectivity index is 2.64. The molecule has 0 amide bonds. The lowest BCUT2D eigenvalue weighted by molar-refractivity contribution is -0.140. The van der Waals surface area contributed by atoms with Gasteiger partial charge < -0.3 is 9.94 Å². The maximum atomic E-state index is 13.1. The summed E-state index contributed by atoms with van der Waals surface area (Å²) in [5, 5.41) is 10.0. The summed E-state index contributed by atoms with van der Waals surface area (Å²) >= 11 is 0. The maximum Gasteiger partial charge on any atom is 0.435 e. The smallest absolute Gasteiger partial charge is 0.435 e. The van der Waals surface area contributed by atoms with E-state index in [1.165, 1.54) is 31.4 Å². The fourth-order valence-electron chi connectivity index (χ4n) is 2.01. The van der Waals surface area contributed by atoms with Gasteiger partial charge in [-0.3, -0.25) is 0 Å². The largest absolute Gasteiger partial charge is 0.497 e. The second kappa shape index (κ2) is 5.31. The van der Waals surface area contributed by atoms with Crippen molar-refractivity contribution in [1.29, 1.82) is 0 Å². The molecule has 1 aromatic heterocycles. The highest BCUT2D eigenvalue weighted by molar-refractivity contribution is 5.64. The highest BCUT2D eigenvalue weighted by Gasteiger charge is 2.40. The van der Waals surface area contributed by atoms with Gasteiger partial charge in [0.15, 0.2) is 5.69 Å². The molecule has 0 aliphatic heterocycles. The van der Waals surface area contributed by atoms with Gasteiger partial charge in [0.05, 0.1) is 7.11 Å². The van der Waals surface area contributed by atoms with Crippen molar-refractivity contribution in [3.63, 3.8) is 0 Å². The fraction of sp³-hybridized carbons (Fsp3) is 0.357. The molecule has 7 heteroatoms. The van der Waals surface area contributed by atoms with Crippen LogP contribution in [0.1, 0.15) is 31.3 Å². The monoisotopic (exact) mass is 300 g/mol. The number of hydrogen-bond donors (Lipinski definition) is 1. The van der Waals surface area contributed by atoms with E-state index in [-0.39, 0.29) is 23.0 Å². The van der Waals surface area contributed by atoms with Gasteiger partial charge >= 0.3 is 6.18 Å². The zero-order valence-electron chi connectivity index (χ0n) is 11.8. The van der Waals surface area contributed by atoms with Crippen molar-refractivity contribution in [2.45, 2.75) is 25.9 Å². The normalized spacial score (nSPS) is 12.0. The third-order valence-electron chi connectivity index (χ3n) is 3.03. The second-order valence-electron chi connectivity index (χ2n) is 4.86. The molecule has 0 saturated carbocycles. The van der Waals surface area contributed by atoms with E-state index in [4.69, 9.17) is 4.74 Å². The Bertz CT molecular complexity index is 631. The van der Waals surface area contributed by atoms with Crippen LogP contribution < -0.4 is 4.74 Å². The second-order valence-corrected chi connectivity index (χ2v) is 4.86. The van der Waals surface area contributed by atoms with Crippen LogP contribution in [-0.2, 0) is 6.18 Å². The molecule has 1 N–H and O–H groups in total. The topological polar surface area (TPSA) is 47.3 Å². The third-order valence-corrected chi connectivity index (χ3v) is 3.03. The molecule has 1 heterocycles. The highest BCUT2D eigenvalue weighted by Crippen LogP contribution is 2.38. The molecular formula is C14H15F3N2O2. The van der Waals surface area contributed by atoms with Crippen molar-refractivity contribution < 1.29 is 23.1 Å². The number of aromatic nitrogens is 2. The lowest BCUT2D eigenvalue weighted by Gasteiger charge is -2.09. The fourth-order valence-corrected chi connectivity index (χ4v) is 2.01. The summed E-state index contributed by atoms with van der Waals surface area (Å²) in [5.74, 6) is 0.136. The number of nitrogens with zero attached hydrogens (tertiary/aromatic N) is 2. The third kappa shape index (κ3) is 2.81. The van der Waals surface area contributed by atoms with Crippen molar-refractivity contribution in [3.05, 3.63) is 35.8 Å². The Kier molecular flexibility index (Phi) is 3.85. The summed E-state index contributed by atoms with van der Waals surface area (Å²) in [6.45, 7) is 3.32. The minimum atomic E-state index is -4.65. The van der Waals surface area contributed by atoms with Crippen molar-refractivity contribution >= 4 is 0 Å². The standard InChI is InChI=1S/C14H15F3N2O2/c1-8(2)13-18-12(14(15,16)17)11(19(13)20)9-4-6-10(21-3)7-5-9/h4-8,20H,1-3H3. The van der Waals surface area contributed by atoms with Crippen molar-refractivity contribution in [3.8, 4) is 17.0 Å². The van der Waals surface area contributed by atoms with Crippen LogP contribution in [0.3, 0.4) is 0 Å². The number of halogens is 3. The van der Waals surface area contributed by atoms with E-state index in [9.17, 15) is 18.4 Å². The number of benzene rings is 1. The van der Waals surface area contributed by atoms with Gasteiger partial charge in [-0.05, 0) is 24.3 Å². The van der Waals surface area contributed by atoms with Crippen molar-refractivity contribution in [2.24, 2.45) is 0 Å². The molecule has 21 heavy (non-hydrogen) atoms. The molecule has 0 unspecified atom stereocenters. The molecule has 4 nitrogen and oxygen atoms in total. The molecule has 2 aromatic rings. The van der Waals surface area contributed by atoms with Gasteiger partial charge in [-0.15, -0.1) is 0 Å². The minimum Gasteiger partial charge on any atom is -0.497 e. The Hall–Kier alpha value is -2.18. The molecule has 0 atom stereocenters. The molecule has 0 bridgehead atoms. The quantitative estimate of drug-likeness (QED) is 0.873. The summed E-state index contributed by atoms with van der Waals surface area (Å²) in [4.78, 5) is 3.56. The van der Waals surface area contributed by atoms with Crippen LogP contribution in [0.2, 0.25) is 0 Å². The first-order valence-corrected chi connectivity index (χ1v) is 6.29. The lowest BCUT2D eigenvalue weighted by Crippen LogP contribution is -2.08. The highest BCUT2D eigenvalue weighted by atomic mass is 19.4. The SMILES string of the molecule is COc1ccc(-c2c(C(F)(F)F)nc(C(C)C)n2O)cc1. The van der Waals surface area contributed by atoms with E-state index >= 15 is 0 Å². The molecule has 0 aliphatic carbocycles. The van der Waals surface area contributed by atoms with E-state index in [0.717, 1.165) is 0 Å². The van der Waals surface area contributed by atoms with Crippen LogP contribution in [0.25, 0.3) is 11.3 Å². The van der Waals surface area contributed by atoms with E-state index in [1.54, 1.807) is 13.8 Å². The Morgan fingerprint density at radius 1 is 1.19 bits per heavy atom. The van der Waals surface area contributed by atoms with Crippen LogP contribution >= 0.6 is 0 Å². The van der Waals surface area contributed by atoms with Gasteiger partial charge in [-0.1, -0.05) is 13.8 Å². The summed E-state index contributed by atoms with van der Waals surface area (Å²) in [5.41, 5.74) is -1.25. The summed E-state index contributed by atoms with van der Waals surface area (Å²) in [6.07, 6.45) is -4.65. The van der Waals surface area contributed by atoms with Crippen LogP contribution in [0.5, 0.6) is 5.75 Å². The van der Waals surface area contributed by atoms with Gasteiger partial charge in [-0.25, -0.2) is 4.98 Å². The molecule has 1 aromatic carbocycles. The predicted molar refractivity (Wildman–Crippen MR) is 70.5 cm³/mol. The van der Waals surface area contributed by atoms with E-state index in [0.29, 0.717) is 10.5 Å². The molecule has 114 valence electrons. The molecule has 0 aliphatic rings. The zero-order chi connectivity index (χ0) is 15.8. The Morgan fingerprint density at radius 3 is 2.19 bits per heavy atom. The zero-order valence-corrected chi connectivity index (χ0v) is 11.8. The van der Waals surface area contributed by atoms with Crippen LogP contribution in [0.4, 0.5) is 13.2 Å². The van der Waals surface area contributed by atoms with Crippen LogP contribution in [0.15, 0.2) is 24.3 Å². The Labute approximate surface area is 119 Å². The molecular weight excluding hydrogens is 285 g/mol. The predicted octanol–water partition coefficient (Wildman–Crippen LogP) is 3.94. The average Bonchev–Trinajstić information content (AvgIpc) is 2.76. The first kappa shape index (κ1) is 15.2. The molecule has 0 fully saturated rings. The first-order chi connectivity index (χ1) is 9.75. The van der Waals surface area contributed by atoms with Gasteiger partial charge in [0.1, 0.15) is 17.3 Å². The van der Waals surface area contributed by atoms with Gasteiger partial charge in [0, 0.05) is 11.5 Å². The van der Waals surface area contributed by atoms with E-state index < -0.39 is 11.9 Å². The number of methoxy groups -OCH3 is 1. The molecule has 0 radical (unpaired) electrons. The van der Waals surface area contributed by atoms with E-state index in [1.807, 2.05) is 0 Å². The maximum absolute atomic E-state index is 13.1. The summed E-state index contributed by atoms with van der Waals surface area (Å²) in [6, 6.07) is 5.94. The van der Waals surface area contributed by atoms with Crippen LogP contribution in [-0.4, -0.2) is 22.0 Å². The molecule has 2 rings (SSSR count). The van der Waals surface area contributed by atoms with Crippen LogP contribution in [0, 0.1) is 0 Å². The average molecular weight is 300 g/mol. The van der Waals surface area contributed by atoms with E-state index in [2.05, 4.69) is 4.98 Å². The number of imidazole rings is 1. The molecule has 0 saturated heterocycles. The van der Waals surface area contributed by atoms with Gasteiger partial charge in [-0.2, -0.15) is 17.9 Å². The first-order valence-electron chi connectivity index (χ1n) is 6.29. The van der Waals surface area contributed by atoms with Gasteiger partial charge in [0.25, 0.3) is 0 Å². The van der Waals surface area contributed by atoms with Gasteiger partial charge in [0.2, 0.25) is 0 Å². The number of alkyl halides is 3. The lowest BCUT2D eigenvalue weighted by atomic mass is 10.1. The summed E-state index contributed by atoms with van der Waals surface area (Å²) in [7, 11) is 1.46. The number of hydrogen-bond acceptors (Lipinski definition) is 3. The minimum absolute atomic E-state index is 0.0341.